The minimum atomic E-state index is -0.857. The molecule has 2 saturated heterocycles. The van der Waals surface area contributed by atoms with E-state index in [1.807, 2.05) is 28.8 Å². The van der Waals surface area contributed by atoms with Gasteiger partial charge in [-0.3, -0.25) is 9.59 Å². The average molecular weight is 369 g/mol. The lowest BCUT2D eigenvalue weighted by molar-refractivity contribution is -0.157. The maximum atomic E-state index is 13.1. The zero-order chi connectivity index (χ0) is 18.6. The van der Waals surface area contributed by atoms with Crippen molar-refractivity contribution in [3.05, 3.63) is 30.1 Å². The number of amides is 1. The van der Waals surface area contributed by atoms with Crippen LogP contribution in [0.4, 0.5) is 0 Å². The molecular weight excluding hydrogens is 346 g/mol. The van der Waals surface area contributed by atoms with Gasteiger partial charge < -0.3 is 19.3 Å². The van der Waals surface area contributed by atoms with Gasteiger partial charge in [0.2, 0.25) is 5.91 Å². The highest BCUT2D eigenvalue weighted by atomic mass is 16.5. The molecule has 2 aromatic rings. The molecule has 3 heterocycles. The second kappa shape index (κ2) is 6.05. The van der Waals surface area contributed by atoms with E-state index in [2.05, 4.69) is 0 Å². The van der Waals surface area contributed by atoms with Gasteiger partial charge in [-0.2, -0.15) is 0 Å². The number of carbonyl (C=O) groups excluding carboxylic acids is 1. The Morgan fingerprint density at radius 3 is 2.85 bits per heavy atom. The van der Waals surface area contributed by atoms with E-state index < -0.39 is 11.4 Å². The second-order valence-corrected chi connectivity index (χ2v) is 8.08. The normalized spacial score (nSPS) is 27.7. The van der Waals surface area contributed by atoms with Crippen molar-refractivity contribution in [1.29, 1.82) is 0 Å². The fraction of sp³-hybridized carbons (Fsp3) is 0.550. The summed E-state index contributed by atoms with van der Waals surface area (Å²) in [4.78, 5) is 31.5. The Bertz CT molecular complexity index is 919. The molecule has 7 heteroatoms. The summed E-state index contributed by atoms with van der Waals surface area (Å²) in [6.07, 6.45) is 2.70. The van der Waals surface area contributed by atoms with E-state index in [0.29, 0.717) is 32.1 Å². The lowest BCUT2D eigenvalue weighted by Gasteiger charge is -2.33. The summed E-state index contributed by atoms with van der Waals surface area (Å²) in [5.41, 5.74) is 1.03. The quantitative estimate of drug-likeness (QED) is 0.889. The summed E-state index contributed by atoms with van der Waals surface area (Å²) >= 11 is 0. The molecule has 1 amide bonds. The molecule has 0 bridgehead atoms. The van der Waals surface area contributed by atoms with Gasteiger partial charge in [0, 0.05) is 31.5 Å². The summed E-state index contributed by atoms with van der Waals surface area (Å²) in [7, 11) is 0. The van der Waals surface area contributed by atoms with Crippen molar-refractivity contribution in [1.82, 2.24) is 14.5 Å². The summed E-state index contributed by atoms with van der Waals surface area (Å²) in [6.45, 7) is 1.81. The molecule has 0 spiro atoms. The number of rotatable bonds is 4. The molecule has 3 aliphatic rings. The first kappa shape index (κ1) is 16.7. The van der Waals surface area contributed by atoms with Crippen LogP contribution in [0, 0.1) is 11.3 Å². The number of nitrogens with zero attached hydrogens (tertiary/aromatic N) is 3. The number of ether oxygens (including phenoxy) is 1. The SMILES string of the molecule is O=C(Cn1c(C2CC2)nc2ccccc21)N1C[C@@H]2COCC[C@]2(C(=O)O)C1. The van der Waals surface area contributed by atoms with Gasteiger partial charge >= 0.3 is 5.97 Å². The number of carboxylic acid groups (broad SMARTS) is 1. The van der Waals surface area contributed by atoms with E-state index in [1.54, 1.807) is 4.90 Å². The Kier molecular flexibility index (Phi) is 3.75. The number of likely N-dealkylation sites (tertiary alicyclic amines) is 1. The number of fused-ring (bicyclic) bond motifs is 2. The molecule has 2 atom stereocenters. The number of para-hydroxylation sites is 2. The molecule has 0 unspecified atom stereocenters. The van der Waals surface area contributed by atoms with Gasteiger partial charge in [-0.1, -0.05) is 12.1 Å². The zero-order valence-electron chi connectivity index (χ0n) is 15.1. The van der Waals surface area contributed by atoms with Crippen LogP contribution in [-0.4, -0.2) is 57.7 Å². The molecule has 5 rings (SSSR count). The molecule has 2 aliphatic heterocycles. The standard InChI is InChI=1S/C20H23N3O4/c24-17(22-9-14-11-27-8-7-20(14,12-22)19(25)26)10-23-16-4-2-1-3-15(16)21-18(23)13-5-6-13/h1-4,13-14H,5-12H2,(H,25,26)/t14-,20+/m1/s1. The molecule has 27 heavy (non-hydrogen) atoms. The van der Waals surface area contributed by atoms with E-state index in [-0.39, 0.29) is 24.9 Å². The summed E-state index contributed by atoms with van der Waals surface area (Å²) < 4.78 is 7.52. The molecule has 1 saturated carbocycles. The van der Waals surface area contributed by atoms with Gasteiger partial charge in [0.25, 0.3) is 0 Å². The monoisotopic (exact) mass is 369 g/mol. The topological polar surface area (TPSA) is 84.7 Å². The number of aromatic nitrogens is 2. The average Bonchev–Trinajstić information content (AvgIpc) is 3.33. The molecule has 3 fully saturated rings. The number of aliphatic carboxylic acids is 1. The van der Waals surface area contributed by atoms with Crippen LogP contribution in [0.5, 0.6) is 0 Å². The van der Waals surface area contributed by atoms with Crippen LogP contribution in [0.2, 0.25) is 0 Å². The van der Waals surface area contributed by atoms with Gasteiger partial charge in [0.05, 0.1) is 23.1 Å². The highest BCUT2D eigenvalue weighted by Crippen LogP contribution is 2.43. The first-order valence-electron chi connectivity index (χ1n) is 9.62. The second-order valence-electron chi connectivity index (χ2n) is 8.08. The molecular formula is C20H23N3O4. The Balaban J connectivity index is 1.42. The van der Waals surface area contributed by atoms with Crippen molar-refractivity contribution in [2.45, 2.75) is 31.7 Å². The van der Waals surface area contributed by atoms with Gasteiger partial charge in [-0.25, -0.2) is 4.98 Å². The molecule has 142 valence electrons. The number of carboxylic acids is 1. The van der Waals surface area contributed by atoms with Crippen LogP contribution in [0.1, 0.15) is 31.0 Å². The Morgan fingerprint density at radius 2 is 2.11 bits per heavy atom. The largest absolute Gasteiger partial charge is 0.481 e. The Labute approximate surface area is 156 Å². The van der Waals surface area contributed by atoms with Crippen molar-refractivity contribution < 1.29 is 19.4 Å². The van der Waals surface area contributed by atoms with Crippen LogP contribution in [0.25, 0.3) is 11.0 Å². The summed E-state index contributed by atoms with van der Waals surface area (Å²) in [5.74, 6) is 0.450. The molecule has 1 aromatic heterocycles. The number of hydrogen-bond acceptors (Lipinski definition) is 4. The van der Waals surface area contributed by atoms with Gasteiger partial charge in [0.1, 0.15) is 12.4 Å². The Hall–Kier alpha value is -2.41. The first-order chi connectivity index (χ1) is 13.1. The predicted octanol–water partition coefficient (Wildman–Crippen LogP) is 1.86. The minimum Gasteiger partial charge on any atom is -0.481 e. The zero-order valence-corrected chi connectivity index (χ0v) is 15.1. The van der Waals surface area contributed by atoms with E-state index in [4.69, 9.17) is 9.72 Å². The van der Waals surface area contributed by atoms with E-state index in [0.717, 1.165) is 29.7 Å². The van der Waals surface area contributed by atoms with E-state index >= 15 is 0 Å². The molecule has 0 radical (unpaired) electrons. The minimum absolute atomic E-state index is 0.0323. The highest BCUT2D eigenvalue weighted by Gasteiger charge is 2.54. The number of benzene rings is 1. The van der Waals surface area contributed by atoms with Crippen LogP contribution >= 0.6 is 0 Å². The van der Waals surface area contributed by atoms with E-state index in [9.17, 15) is 14.7 Å². The van der Waals surface area contributed by atoms with Crippen molar-refractivity contribution in [3.8, 4) is 0 Å². The van der Waals surface area contributed by atoms with Crippen LogP contribution < -0.4 is 0 Å². The molecule has 7 nitrogen and oxygen atoms in total. The number of carbonyl (C=O) groups is 2. The Morgan fingerprint density at radius 1 is 1.30 bits per heavy atom. The first-order valence-corrected chi connectivity index (χ1v) is 9.62. The fourth-order valence-electron chi connectivity index (χ4n) is 4.64. The maximum Gasteiger partial charge on any atom is 0.311 e. The third-order valence-electron chi connectivity index (χ3n) is 6.41. The number of imidazole rings is 1. The van der Waals surface area contributed by atoms with E-state index in [1.165, 1.54) is 0 Å². The van der Waals surface area contributed by atoms with Crippen LogP contribution in [0.15, 0.2) is 24.3 Å². The lowest BCUT2D eigenvalue weighted by atomic mass is 9.74. The van der Waals surface area contributed by atoms with Crippen molar-refractivity contribution in [2.75, 3.05) is 26.3 Å². The molecule has 1 aromatic carbocycles. The van der Waals surface area contributed by atoms with Gasteiger partial charge in [0.15, 0.2) is 0 Å². The molecule has 1 aliphatic carbocycles. The summed E-state index contributed by atoms with van der Waals surface area (Å²) in [6, 6.07) is 7.89. The van der Waals surface area contributed by atoms with Crippen molar-refractivity contribution in [3.63, 3.8) is 0 Å². The van der Waals surface area contributed by atoms with Gasteiger partial charge in [-0.15, -0.1) is 0 Å². The fourth-order valence-corrected chi connectivity index (χ4v) is 4.64. The predicted molar refractivity (Wildman–Crippen MR) is 97.3 cm³/mol. The molecule has 1 N–H and O–H groups in total. The third-order valence-corrected chi connectivity index (χ3v) is 6.41. The van der Waals surface area contributed by atoms with Crippen LogP contribution in [-0.2, 0) is 20.9 Å². The van der Waals surface area contributed by atoms with Crippen LogP contribution in [0.3, 0.4) is 0 Å². The van der Waals surface area contributed by atoms with Gasteiger partial charge in [-0.05, 0) is 31.4 Å². The smallest absolute Gasteiger partial charge is 0.311 e. The number of hydrogen-bond donors (Lipinski definition) is 1. The lowest BCUT2D eigenvalue weighted by Crippen LogP contribution is -2.45. The van der Waals surface area contributed by atoms with Crippen molar-refractivity contribution in [2.24, 2.45) is 11.3 Å². The maximum absolute atomic E-state index is 13.1. The highest BCUT2D eigenvalue weighted by molar-refractivity contribution is 5.83. The third kappa shape index (κ3) is 2.64. The van der Waals surface area contributed by atoms with Crippen molar-refractivity contribution >= 4 is 22.9 Å². The summed E-state index contributed by atoms with van der Waals surface area (Å²) in [5, 5.41) is 9.81.